The van der Waals surface area contributed by atoms with Gasteiger partial charge >= 0.3 is 6.03 Å². The Morgan fingerprint density at radius 3 is 2.53 bits per heavy atom. The van der Waals surface area contributed by atoms with Crippen LogP contribution in [0.15, 0.2) is 36.4 Å². The van der Waals surface area contributed by atoms with E-state index in [9.17, 15) is 19.6 Å². The molecular weight excluding hydrogens is 408 g/mol. The van der Waals surface area contributed by atoms with Crippen LogP contribution >= 0.6 is 0 Å². The van der Waals surface area contributed by atoms with Gasteiger partial charge in [-0.15, -0.1) is 0 Å². The molecule has 2 N–H and O–H groups in total. The number of carbonyl (C=O) groups is 3. The van der Waals surface area contributed by atoms with Crippen LogP contribution < -0.4 is 15.4 Å². The number of benzene rings is 2. The summed E-state index contributed by atoms with van der Waals surface area (Å²) in [6.07, 6.45) is 3.92. The van der Waals surface area contributed by atoms with Crippen LogP contribution in [0.25, 0.3) is 10.8 Å². The van der Waals surface area contributed by atoms with E-state index in [0.717, 1.165) is 40.7 Å². The molecule has 2 fully saturated rings. The zero-order valence-corrected chi connectivity index (χ0v) is 18.2. The second-order valence-corrected chi connectivity index (χ2v) is 8.68. The van der Waals surface area contributed by atoms with Gasteiger partial charge in [0.05, 0.1) is 13.2 Å². The Labute approximate surface area is 186 Å². The van der Waals surface area contributed by atoms with Crippen molar-refractivity contribution in [3.63, 3.8) is 0 Å². The number of amides is 4. The lowest BCUT2D eigenvalue weighted by Crippen LogP contribution is -2.52. The number of hydrogen-bond donors (Lipinski definition) is 2. The molecule has 32 heavy (non-hydrogen) atoms. The highest BCUT2D eigenvalue weighted by Gasteiger charge is 2.50. The summed E-state index contributed by atoms with van der Waals surface area (Å²) in [5, 5.41) is 16.9. The molecule has 8 nitrogen and oxygen atoms in total. The van der Waals surface area contributed by atoms with Crippen molar-refractivity contribution in [2.24, 2.45) is 0 Å². The van der Waals surface area contributed by atoms with Crippen LogP contribution in [0.2, 0.25) is 0 Å². The highest BCUT2D eigenvalue weighted by atomic mass is 16.5. The molecule has 2 aromatic rings. The molecule has 0 radical (unpaired) electrons. The molecule has 4 rings (SSSR count). The Hall–Kier alpha value is -3.60. The average Bonchev–Trinajstić information content (AvgIpc) is 3.02. The van der Waals surface area contributed by atoms with Gasteiger partial charge in [0.1, 0.15) is 23.4 Å². The lowest BCUT2D eigenvalue weighted by molar-refractivity contribution is -0.135. The second-order valence-electron chi connectivity index (χ2n) is 8.68. The number of imide groups is 1. The van der Waals surface area contributed by atoms with Gasteiger partial charge in [0.25, 0.3) is 5.91 Å². The van der Waals surface area contributed by atoms with Crippen LogP contribution in [0.5, 0.6) is 5.75 Å². The summed E-state index contributed by atoms with van der Waals surface area (Å²) in [4.78, 5) is 39.4. The van der Waals surface area contributed by atoms with Crippen molar-refractivity contribution in [2.45, 2.75) is 50.1 Å². The van der Waals surface area contributed by atoms with E-state index in [1.807, 2.05) is 30.3 Å². The molecule has 1 aliphatic carbocycles. The molecule has 1 heterocycles. The fourth-order valence-electron chi connectivity index (χ4n) is 4.57. The Morgan fingerprint density at radius 2 is 1.84 bits per heavy atom. The smallest absolute Gasteiger partial charge is 0.325 e. The zero-order chi connectivity index (χ0) is 22.9. The summed E-state index contributed by atoms with van der Waals surface area (Å²) in [5.74, 6) is -0.279. The van der Waals surface area contributed by atoms with E-state index in [2.05, 4.69) is 16.7 Å². The van der Waals surface area contributed by atoms with E-state index < -0.39 is 35.5 Å². The van der Waals surface area contributed by atoms with Gasteiger partial charge in [0, 0.05) is 0 Å². The van der Waals surface area contributed by atoms with E-state index in [4.69, 9.17) is 4.74 Å². The molecule has 0 aromatic heterocycles. The standard InChI is InChI=1S/C24H26N4O4/c1-23(18-8-6-17-13-19(32-2)9-7-16(17)12-18)21(30)28(22(31)27-23)14-20(29)26-24(15-25)10-4-3-5-11-24/h6-9,12-13H,3-5,10-11,14H2,1-2H3,(H,26,29)(H,27,31)/t23-/m1/s1. The van der Waals surface area contributed by atoms with Crippen molar-refractivity contribution in [1.82, 2.24) is 15.5 Å². The number of hydrogen-bond acceptors (Lipinski definition) is 5. The molecule has 0 unspecified atom stereocenters. The van der Waals surface area contributed by atoms with Gasteiger partial charge in [0.2, 0.25) is 5.91 Å². The number of methoxy groups -OCH3 is 1. The molecule has 2 aliphatic rings. The predicted molar refractivity (Wildman–Crippen MR) is 118 cm³/mol. The van der Waals surface area contributed by atoms with Crippen molar-refractivity contribution < 1.29 is 19.1 Å². The Kier molecular flexibility index (Phi) is 5.51. The minimum atomic E-state index is -1.29. The number of urea groups is 1. The molecule has 0 bridgehead atoms. The maximum atomic E-state index is 13.2. The first-order valence-corrected chi connectivity index (χ1v) is 10.7. The molecule has 8 heteroatoms. The molecule has 1 saturated carbocycles. The third-order valence-electron chi connectivity index (χ3n) is 6.50. The Balaban J connectivity index is 1.53. The van der Waals surface area contributed by atoms with Gasteiger partial charge in [-0.1, -0.05) is 37.5 Å². The lowest BCUT2D eigenvalue weighted by Gasteiger charge is -2.32. The van der Waals surface area contributed by atoms with Crippen LogP contribution in [-0.4, -0.2) is 41.9 Å². The molecule has 2 aromatic carbocycles. The predicted octanol–water partition coefficient (Wildman–Crippen LogP) is 2.96. The fourth-order valence-corrected chi connectivity index (χ4v) is 4.57. The number of carbonyl (C=O) groups excluding carboxylic acids is 3. The highest BCUT2D eigenvalue weighted by molar-refractivity contribution is 6.09. The van der Waals surface area contributed by atoms with Crippen molar-refractivity contribution in [3.05, 3.63) is 42.0 Å². The summed E-state index contributed by atoms with van der Waals surface area (Å²) in [6, 6.07) is 12.7. The van der Waals surface area contributed by atoms with E-state index in [1.54, 1.807) is 20.1 Å². The molecular formula is C24H26N4O4. The summed E-state index contributed by atoms with van der Waals surface area (Å²) in [7, 11) is 1.60. The van der Waals surface area contributed by atoms with Gasteiger partial charge in [-0.3, -0.25) is 14.5 Å². The van der Waals surface area contributed by atoms with E-state index in [0.29, 0.717) is 18.4 Å². The summed E-state index contributed by atoms with van der Waals surface area (Å²) >= 11 is 0. The Morgan fingerprint density at radius 1 is 1.16 bits per heavy atom. The van der Waals surface area contributed by atoms with Crippen LogP contribution in [-0.2, 0) is 15.1 Å². The molecule has 1 saturated heterocycles. The van der Waals surface area contributed by atoms with Crippen molar-refractivity contribution in [1.29, 1.82) is 5.26 Å². The monoisotopic (exact) mass is 434 g/mol. The number of nitrogens with one attached hydrogen (secondary N) is 2. The first-order valence-electron chi connectivity index (χ1n) is 10.7. The van der Waals surface area contributed by atoms with Gasteiger partial charge in [-0.2, -0.15) is 5.26 Å². The minimum Gasteiger partial charge on any atom is -0.497 e. The molecule has 0 spiro atoms. The Bertz CT molecular complexity index is 1130. The normalized spacial score (nSPS) is 22.3. The highest BCUT2D eigenvalue weighted by Crippen LogP contribution is 2.32. The van der Waals surface area contributed by atoms with Crippen molar-refractivity contribution in [3.8, 4) is 11.8 Å². The van der Waals surface area contributed by atoms with Gasteiger partial charge in [0.15, 0.2) is 0 Å². The third kappa shape index (κ3) is 3.75. The molecule has 166 valence electrons. The minimum absolute atomic E-state index is 0.422. The van der Waals surface area contributed by atoms with Gasteiger partial charge in [-0.05, 0) is 54.3 Å². The quantitative estimate of drug-likeness (QED) is 0.703. The van der Waals surface area contributed by atoms with Gasteiger partial charge in [-0.25, -0.2) is 4.79 Å². The molecule has 1 aliphatic heterocycles. The van der Waals surface area contributed by atoms with Crippen molar-refractivity contribution in [2.75, 3.05) is 13.7 Å². The summed E-state index contributed by atoms with van der Waals surface area (Å²) < 4.78 is 5.25. The maximum Gasteiger partial charge on any atom is 0.325 e. The number of nitrogens with zero attached hydrogens (tertiary/aromatic N) is 2. The van der Waals surface area contributed by atoms with Crippen LogP contribution in [0, 0.1) is 11.3 Å². The number of nitriles is 1. The maximum absolute atomic E-state index is 13.2. The van der Waals surface area contributed by atoms with Crippen molar-refractivity contribution >= 4 is 28.6 Å². The lowest BCUT2D eigenvalue weighted by atomic mass is 9.83. The number of ether oxygens (including phenoxy) is 1. The van der Waals surface area contributed by atoms with Crippen LogP contribution in [0.1, 0.15) is 44.6 Å². The molecule has 1 atom stereocenters. The topological polar surface area (TPSA) is 112 Å². The van der Waals surface area contributed by atoms with E-state index >= 15 is 0 Å². The van der Waals surface area contributed by atoms with E-state index in [1.165, 1.54) is 0 Å². The fraction of sp³-hybridized carbons (Fsp3) is 0.417. The number of rotatable bonds is 5. The first-order chi connectivity index (χ1) is 15.3. The zero-order valence-electron chi connectivity index (χ0n) is 18.2. The largest absolute Gasteiger partial charge is 0.497 e. The van der Waals surface area contributed by atoms with Gasteiger partial charge < -0.3 is 15.4 Å². The average molecular weight is 434 g/mol. The SMILES string of the molecule is COc1ccc2cc([C@@]3(C)NC(=O)N(CC(=O)NC4(C#N)CCCCC4)C3=O)ccc2c1. The first kappa shape index (κ1) is 21.6. The number of fused-ring (bicyclic) bond motifs is 1. The van der Waals surface area contributed by atoms with E-state index in [-0.39, 0.29) is 0 Å². The summed E-state index contributed by atoms with van der Waals surface area (Å²) in [5.41, 5.74) is -1.59. The summed E-state index contributed by atoms with van der Waals surface area (Å²) in [6.45, 7) is 1.21. The van der Waals surface area contributed by atoms with Crippen LogP contribution in [0.3, 0.4) is 0 Å². The molecule has 4 amide bonds. The third-order valence-corrected chi connectivity index (χ3v) is 6.50. The second kappa shape index (κ2) is 8.15. The van der Waals surface area contributed by atoms with Crippen LogP contribution in [0.4, 0.5) is 4.79 Å².